The van der Waals surface area contributed by atoms with Crippen LogP contribution in [0.4, 0.5) is 0 Å². The Balaban J connectivity index is 1.62. The average Bonchev–Trinajstić information content (AvgIpc) is 3.11. The minimum atomic E-state index is 0.0693. The number of rotatable bonds is 5. The first-order valence-corrected chi connectivity index (χ1v) is 10.1. The first-order valence-electron chi connectivity index (χ1n) is 10.1. The molecule has 4 heteroatoms. The second kappa shape index (κ2) is 7.69. The van der Waals surface area contributed by atoms with Gasteiger partial charge in [-0.1, -0.05) is 56.3 Å². The van der Waals surface area contributed by atoms with E-state index in [9.17, 15) is 0 Å². The molecular weight excluding hydrogens is 348 g/mol. The van der Waals surface area contributed by atoms with Crippen LogP contribution in [0.1, 0.15) is 44.0 Å². The lowest BCUT2D eigenvalue weighted by molar-refractivity contribution is -0.110. The molecule has 1 aliphatic carbocycles. The van der Waals surface area contributed by atoms with Crippen molar-refractivity contribution in [3.63, 3.8) is 0 Å². The van der Waals surface area contributed by atoms with Gasteiger partial charge in [-0.3, -0.25) is 0 Å². The molecule has 0 amide bonds. The molecule has 1 saturated carbocycles. The van der Waals surface area contributed by atoms with Crippen molar-refractivity contribution in [1.82, 2.24) is 9.55 Å². The molecule has 0 aliphatic heterocycles. The van der Waals surface area contributed by atoms with Crippen molar-refractivity contribution < 1.29 is 9.47 Å². The van der Waals surface area contributed by atoms with Crippen LogP contribution in [0.3, 0.4) is 0 Å². The molecule has 28 heavy (non-hydrogen) atoms. The highest BCUT2D eigenvalue weighted by Crippen LogP contribution is 2.46. The average molecular weight is 379 g/mol. The fraction of sp³-hybridized carbons (Fsp3) is 0.458. The second-order valence-electron chi connectivity index (χ2n) is 8.59. The highest BCUT2D eigenvalue weighted by Gasteiger charge is 2.47. The molecule has 1 fully saturated rings. The molecule has 0 bridgehead atoms. The van der Waals surface area contributed by atoms with E-state index in [1.165, 1.54) is 16.3 Å². The Labute approximate surface area is 167 Å². The van der Waals surface area contributed by atoms with E-state index in [0.29, 0.717) is 6.61 Å². The van der Waals surface area contributed by atoms with E-state index in [2.05, 4.69) is 72.9 Å². The molecule has 0 N–H and O–H groups in total. The van der Waals surface area contributed by atoms with Crippen LogP contribution in [0.15, 0.2) is 54.9 Å². The standard InChI is InChI=1S/C24H30N2O2/c1-24(2)13-12-20(21(22(24)27-4)23-25-14-15-26(23)3)28-16-18-10-7-9-17-8-5-6-11-19(17)18/h5-11,14-15,20-22H,12-13,16H2,1-4H3. The molecule has 0 spiro atoms. The van der Waals surface area contributed by atoms with Crippen LogP contribution in [-0.4, -0.2) is 28.9 Å². The molecule has 148 valence electrons. The molecule has 4 nitrogen and oxygen atoms in total. The number of imidazole rings is 1. The van der Waals surface area contributed by atoms with Crippen molar-refractivity contribution in [3.8, 4) is 0 Å². The summed E-state index contributed by atoms with van der Waals surface area (Å²) in [5.41, 5.74) is 1.32. The summed E-state index contributed by atoms with van der Waals surface area (Å²) in [5.74, 6) is 1.16. The first kappa shape index (κ1) is 19.2. The Morgan fingerprint density at radius 2 is 1.93 bits per heavy atom. The minimum absolute atomic E-state index is 0.0693. The number of fused-ring (bicyclic) bond motifs is 1. The van der Waals surface area contributed by atoms with Crippen molar-refractivity contribution in [2.24, 2.45) is 12.5 Å². The number of aromatic nitrogens is 2. The van der Waals surface area contributed by atoms with Crippen molar-refractivity contribution in [1.29, 1.82) is 0 Å². The van der Waals surface area contributed by atoms with E-state index in [1.807, 2.05) is 19.5 Å². The van der Waals surface area contributed by atoms with Gasteiger partial charge in [0.15, 0.2) is 0 Å². The second-order valence-corrected chi connectivity index (χ2v) is 8.59. The van der Waals surface area contributed by atoms with E-state index in [4.69, 9.17) is 9.47 Å². The Kier molecular flexibility index (Phi) is 5.26. The van der Waals surface area contributed by atoms with Crippen molar-refractivity contribution in [2.75, 3.05) is 7.11 Å². The number of benzene rings is 2. The summed E-state index contributed by atoms with van der Waals surface area (Å²) < 4.78 is 14.7. The predicted molar refractivity (Wildman–Crippen MR) is 112 cm³/mol. The van der Waals surface area contributed by atoms with Crippen molar-refractivity contribution in [3.05, 3.63) is 66.2 Å². The number of hydrogen-bond acceptors (Lipinski definition) is 3. The lowest BCUT2D eigenvalue weighted by atomic mass is 9.67. The van der Waals surface area contributed by atoms with Crippen LogP contribution in [0.25, 0.3) is 10.8 Å². The lowest BCUT2D eigenvalue weighted by Crippen LogP contribution is -2.48. The molecule has 0 radical (unpaired) electrons. The summed E-state index contributed by atoms with van der Waals surface area (Å²) in [6, 6.07) is 14.9. The van der Waals surface area contributed by atoms with Crippen LogP contribution in [0.5, 0.6) is 0 Å². The normalized spacial score (nSPS) is 24.5. The minimum Gasteiger partial charge on any atom is -0.380 e. The number of ether oxygens (including phenoxy) is 2. The van der Waals surface area contributed by atoms with Crippen LogP contribution in [0, 0.1) is 5.41 Å². The fourth-order valence-corrected chi connectivity index (χ4v) is 4.78. The van der Waals surface area contributed by atoms with Crippen LogP contribution >= 0.6 is 0 Å². The lowest BCUT2D eigenvalue weighted by Gasteiger charge is -2.46. The summed E-state index contributed by atoms with van der Waals surface area (Å²) in [6.07, 6.45) is 6.11. The summed E-state index contributed by atoms with van der Waals surface area (Å²) in [4.78, 5) is 4.66. The third-order valence-corrected chi connectivity index (χ3v) is 6.31. The van der Waals surface area contributed by atoms with Gasteiger partial charge in [0.25, 0.3) is 0 Å². The number of methoxy groups -OCH3 is 1. The molecule has 2 aromatic carbocycles. The van der Waals surface area contributed by atoms with Gasteiger partial charge in [-0.15, -0.1) is 0 Å². The van der Waals surface area contributed by atoms with E-state index < -0.39 is 0 Å². The third kappa shape index (κ3) is 3.47. The van der Waals surface area contributed by atoms with Crippen LogP contribution < -0.4 is 0 Å². The first-order chi connectivity index (χ1) is 13.5. The maximum Gasteiger partial charge on any atom is 0.116 e. The van der Waals surface area contributed by atoms with Gasteiger partial charge in [-0.2, -0.15) is 0 Å². The zero-order chi connectivity index (χ0) is 19.7. The summed E-state index contributed by atoms with van der Waals surface area (Å²) in [5, 5.41) is 2.52. The maximum absolute atomic E-state index is 6.56. The summed E-state index contributed by atoms with van der Waals surface area (Å²) >= 11 is 0. The van der Waals surface area contributed by atoms with E-state index in [1.54, 1.807) is 0 Å². The number of aryl methyl sites for hydroxylation is 1. The molecule has 1 aromatic heterocycles. The zero-order valence-corrected chi connectivity index (χ0v) is 17.3. The van der Waals surface area contributed by atoms with Gasteiger partial charge in [-0.25, -0.2) is 4.98 Å². The van der Waals surface area contributed by atoms with Gasteiger partial charge in [-0.05, 0) is 34.6 Å². The summed E-state index contributed by atoms with van der Waals surface area (Å²) in [7, 11) is 3.87. The quantitative estimate of drug-likeness (QED) is 0.621. The van der Waals surface area contributed by atoms with E-state index >= 15 is 0 Å². The van der Waals surface area contributed by atoms with Gasteiger partial charge in [0, 0.05) is 26.6 Å². The number of hydrogen-bond donors (Lipinski definition) is 0. The highest BCUT2D eigenvalue weighted by molar-refractivity contribution is 5.85. The smallest absolute Gasteiger partial charge is 0.116 e. The fourth-order valence-electron chi connectivity index (χ4n) is 4.78. The van der Waals surface area contributed by atoms with Gasteiger partial charge in [0.05, 0.1) is 24.7 Å². The molecule has 1 aliphatic rings. The van der Waals surface area contributed by atoms with Crippen molar-refractivity contribution in [2.45, 2.75) is 51.4 Å². The zero-order valence-electron chi connectivity index (χ0n) is 17.3. The van der Waals surface area contributed by atoms with E-state index in [-0.39, 0.29) is 23.5 Å². The van der Waals surface area contributed by atoms with Crippen LogP contribution in [0.2, 0.25) is 0 Å². The molecule has 3 aromatic rings. The monoisotopic (exact) mass is 378 g/mol. The SMILES string of the molecule is COC1C(c2nccn2C)C(OCc2cccc3ccccc23)CCC1(C)C. The topological polar surface area (TPSA) is 36.3 Å². The van der Waals surface area contributed by atoms with Gasteiger partial charge >= 0.3 is 0 Å². The largest absolute Gasteiger partial charge is 0.380 e. The Bertz CT molecular complexity index is 941. The predicted octanol–water partition coefficient (Wildman–Crippen LogP) is 5.08. The molecule has 3 unspecified atom stereocenters. The Morgan fingerprint density at radius 3 is 2.68 bits per heavy atom. The van der Waals surface area contributed by atoms with Crippen LogP contribution in [-0.2, 0) is 23.1 Å². The molecule has 0 saturated heterocycles. The van der Waals surface area contributed by atoms with Gasteiger partial charge in [0.2, 0.25) is 0 Å². The number of nitrogens with zero attached hydrogens (tertiary/aromatic N) is 2. The van der Waals surface area contributed by atoms with E-state index in [0.717, 1.165) is 18.7 Å². The molecule has 3 atom stereocenters. The molecule has 1 heterocycles. The maximum atomic E-state index is 6.56. The van der Waals surface area contributed by atoms with Gasteiger partial charge < -0.3 is 14.0 Å². The van der Waals surface area contributed by atoms with Gasteiger partial charge in [0.1, 0.15) is 5.82 Å². The Hall–Kier alpha value is -2.17. The van der Waals surface area contributed by atoms with Crippen molar-refractivity contribution >= 4 is 10.8 Å². The summed E-state index contributed by atoms with van der Waals surface area (Å²) in [6.45, 7) is 5.18. The highest BCUT2D eigenvalue weighted by atomic mass is 16.5. The third-order valence-electron chi connectivity index (χ3n) is 6.31. The molecular formula is C24H30N2O2. The Morgan fingerprint density at radius 1 is 1.14 bits per heavy atom. The molecule has 4 rings (SSSR count).